The summed E-state index contributed by atoms with van der Waals surface area (Å²) in [5.41, 5.74) is 0.958. The molecular formula is C22H28FN3O3S. The van der Waals surface area contributed by atoms with Gasteiger partial charge in [0.15, 0.2) is 0 Å². The number of nitrogens with zero attached hydrogens (tertiary/aromatic N) is 2. The van der Waals surface area contributed by atoms with E-state index in [0.717, 1.165) is 19.3 Å². The first kappa shape index (κ1) is 22.2. The van der Waals surface area contributed by atoms with Crippen LogP contribution in [0.4, 0.5) is 15.8 Å². The summed E-state index contributed by atoms with van der Waals surface area (Å²) in [5, 5.41) is 2.73. The summed E-state index contributed by atoms with van der Waals surface area (Å²) >= 11 is 0. The molecule has 0 bridgehead atoms. The molecule has 8 heteroatoms. The number of halogens is 1. The van der Waals surface area contributed by atoms with Gasteiger partial charge in [0, 0.05) is 26.2 Å². The fourth-order valence-corrected chi connectivity index (χ4v) is 5.25. The molecule has 1 aliphatic heterocycles. The lowest BCUT2D eigenvalue weighted by molar-refractivity contribution is 0.102. The van der Waals surface area contributed by atoms with Crippen molar-refractivity contribution in [1.82, 2.24) is 4.31 Å². The van der Waals surface area contributed by atoms with Crippen molar-refractivity contribution in [2.75, 3.05) is 36.4 Å². The van der Waals surface area contributed by atoms with E-state index in [9.17, 15) is 17.6 Å². The third-order valence-electron chi connectivity index (χ3n) is 5.39. The number of sulfonamides is 1. The van der Waals surface area contributed by atoms with E-state index in [1.165, 1.54) is 28.6 Å². The first-order valence-electron chi connectivity index (χ1n) is 10.3. The van der Waals surface area contributed by atoms with Crippen molar-refractivity contribution in [2.24, 2.45) is 0 Å². The SMILES string of the molecule is CCN(CC)c1ccc(S(=O)(=O)N2CCCCC2)cc1NC(=O)c1ccccc1F. The largest absolute Gasteiger partial charge is 0.370 e. The van der Waals surface area contributed by atoms with E-state index in [-0.39, 0.29) is 10.5 Å². The summed E-state index contributed by atoms with van der Waals surface area (Å²) in [6, 6.07) is 10.5. The highest BCUT2D eigenvalue weighted by molar-refractivity contribution is 7.89. The fourth-order valence-electron chi connectivity index (χ4n) is 3.71. The number of anilines is 2. The molecule has 1 fully saturated rings. The van der Waals surface area contributed by atoms with Gasteiger partial charge in [-0.3, -0.25) is 4.79 Å². The van der Waals surface area contributed by atoms with Crippen LogP contribution in [0.15, 0.2) is 47.4 Å². The zero-order chi connectivity index (χ0) is 21.7. The van der Waals surface area contributed by atoms with E-state index < -0.39 is 21.7 Å². The Morgan fingerprint density at radius 3 is 2.37 bits per heavy atom. The number of hydrogen-bond acceptors (Lipinski definition) is 4. The third kappa shape index (κ3) is 4.65. The molecule has 0 spiro atoms. The van der Waals surface area contributed by atoms with Crippen molar-refractivity contribution in [3.8, 4) is 0 Å². The van der Waals surface area contributed by atoms with Crippen molar-refractivity contribution in [3.05, 3.63) is 53.8 Å². The van der Waals surface area contributed by atoms with Gasteiger partial charge in [-0.2, -0.15) is 4.31 Å². The van der Waals surface area contributed by atoms with Crippen LogP contribution in [0.5, 0.6) is 0 Å². The van der Waals surface area contributed by atoms with Gasteiger partial charge in [0.1, 0.15) is 5.82 Å². The summed E-state index contributed by atoms with van der Waals surface area (Å²) in [5.74, 6) is -1.24. The molecule has 6 nitrogen and oxygen atoms in total. The van der Waals surface area contributed by atoms with E-state index in [1.807, 2.05) is 18.7 Å². The highest BCUT2D eigenvalue weighted by Gasteiger charge is 2.27. The van der Waals surface area contributed by atoms with Gasteiger partial charge < -0.3 is 10.2 Å². The van der Waals surface area contributed by atoms with Gasteiger partial charge in [0.05, 0.1) is 21.8 Å². The van der Waals surface area contributed by atoms with Gasteiger partial charge in [0.25, 0.3) is 5.91 Å². The normalized spacial score (nSPS) is 15.0. The van der Waals surface area contributed by atoms with Crippen LogP contribution in [0, 0.1) is 5.82 Å². The fraction of sp³-hybridized carbons (Fsp3) is 0.409. The molecule has 0 aliphatic carbocycles. The number of amides is 1. The molecule has 1 aliphatic rings. The molecule has 0 unspecified atom stereocenters. The molecule has 2 aromatic carbocycles. The molecule has 2 aromatic rings. The predicted octanol–water partition coefficient (Wildman–Crippen LogP) is 4.10. The number of carbonyl (C=O) groups excluding carboxylic acids is 1. The van der Waals surface area contributed by atoms with Gasteiger partial charge >= 0.3 is 0 Å². The van der Waals surface area contributed by atoms with Crippen LogP contribution in [0.1, 0.15) is 43.5 Å². The Hall–Kier alpha value is -2.45. The molecule has 3 rings (SSSR count). The predicted molar refractivity (Wildman–Crippen MR) is 117 cm³/mol. The summed E-state index contributed by atoms with van der Waals surface area (Å²) in [6.45, 7) is 6.30. The zero-order valence-corrected chi connectivity index (χ0v) is 18.2. The molecule has 0 radical (unpaired) electrons. The van der Waals surface area contributed by atoms with Crippen LogP contribution in [0.2, 0.25) is 0 Å². The Labute approximate surface area is 177 Å². The van der Waals surface area contributed by atoms with Crippen molar-refractivity contribution < 1.29 is 17.6 Å². The van der Waals surface area contributed by atoms with Crippen LogP contribution in [0.3, 0.4) is 0 Å². The lowest BCUT2D eigenvalue weighted by Crippen LogP contribution is -2.35. The number of carbonyl (C=O) groups is 1. The van der Waals surface area contributed by atoms with Crippen LogP contribution in [0.25, 0.3) is 0 Å². The van der Waals surface area contributed by atoms with Crippen LogP contribution >= 0.6 is 0 Å². The van der Waals surface area contributed by atoms with Crippen molar-refractivity contribution >= 4 is 27.3 Å². The number of rotatable bonds is 7. The molecule has 0 aromatic heterocycles. The van der Waals surface area contributed by atoms with Gasteiger partial charge in [-0.25, -0.2) is 12.8 Å². The first-order valence-corrected chi connectivity index (χ1v) is 11.8. The van der Waals surface area contributed by atoms with Crippen molar-refractivity contribution in [1.29, 1.82) is 0 Å². The number of piperidine rings is 1. The monoisotopic (exact) mass is 433 g/mol. The van der Waals surface area contributed by atoms with E-state index in [1.54, 1.807) is 18.2 Å². The zero-order valence-electron chi connectivity index (χ0n) is 17.4. The Morgan fingerprint density at radius 2 is 1.73 bits per heavy atom. The van der Waals surface area contributed by atoms with Crippen molar-refractivity contribution in [2.45, 2.75) is 38.0 Å². The molecule has 30 heavy (non-hydrogen) atoms. The van der Waals surface area contributed by atoms with E-state index in [2.05, 4.69) is 5.32 Å². The standard InChI is InChI=1S/C22H28FN3O3S/c1-3-25(4-2)21-13-12-17(30(28,29)26-14-8-5-9-15-26)16-20(21)24-22(27)18-10-6-7-11-19(18)23/h6-7,10-13,16H,3-5,8-9,14-15H2,1-2H3,(H,24,27). The third-order valence-corrected chi connectivity index (χ3v) is 7.29. The molecule has 1 N–H and O–H groups in total. The molecule has 1 saturated heterocycles. The smallest absolute Gasteiger partial charge is 0.258 e. The second-order valence-electron chi connectivity index (χ2n) is 7.25. The highest BCUT2D eigenvalue weighted by Crippen LogP contribution is 2.31. The van der Waals surface area contributed by atoms with Crippen LogP contribution < -0.4 is 10.2 Å². The maximum absolute atomic E-state index is 14.1. The Kier molecular flexibility index (Phi) is 7.10. The van der Waals surface area contributed by atoms with E-state index in [4.69, 9.17) is 0 Å². The Morgan fingerprint density at radius 1 is 1.07 bits per heavy atom. The van der Waals surface area contributed by atoms with E-state index >= 15 is 0 Å². The quantitative estimate of drug-likeness (QED) is 0.714. The maximum atomic E-state index is 14.1. The lowest BCUT2D eigenvalue weighted by atomic mass is 10.1. The summed E-state index contributed by atoms with van der Waals surface area (Å²) in [4.78, 5) is 14.9. The van der Waals surface area contributed by atoms with Gasteiger partial charge in [-0.15, -0.1) is 0 Å². The molecule has 1 amide bonds. The topological polar surface area (TPSA) is 69.7 Å². The first-order chi connectivity index (χ1) is 14.4. The van der Waals surface area contributed by atoms with Gasteiger partial charge in [-0.1, -0.05) is 18.6 Å². The van der Waals surface area contributed by atoms with Crippen LogP contribution in [-0.4, -0.2) is 44.8 Å². The lowest BCUT2D eigenvalue weighted by Gasteiger charge is -2.28. The van der Waals surface area contributed by atoms with Gasteiger partial charge in [-0.05, 0) is 57.0 Å². The molecule has 1 heterocycles. The molecule has 0 atom stereocenters. The number of benzene rings is 2. The van der Waals surface area contributed by atoms with Crippen molar-refractivity contribution in [3.63, 3.8) is 0 Å². The summed E-state index contributed by atoms with van der Waals surface area (Å²) in [7, 11) is -3.66. The minimum absolute atomic E-state index is 0.0905. The molecular weight excluding hydrogens is 405 g/mol. The molecule has 0 saturated carbocycles. The second kappa shape index (κ2) is 9.57. The highest BCUT2D eigenvalue weighted by atomic mass is 32.2. The van der Waals surface area contributed by atoms with E-state index in [0.29, 0.717) is 37.6 Å². The minimum atomic E-state index is -3.66. The Balaban J connectivity index is 2.00. The van der Waals surface area contributed by atoms with Gasteiger partial charge in [0.2, 0.25) is 10.0 Å². The summed E-state index contributed by atoms with van der Waals surface area (Å²) < 4.78 is 41.8. The summed E-state index contributed by atoms with van der Waals surface area (Å²) in [6.07, 6.45) is 2.71. The maximum Gasteiger partial charge on any atom is 0.258 e. The Bertz CT molecular complexity index is 1000. The van der Waals surface area contributed by atoms with Crippen LogP contribution in [-0.2, 0) is 10.0 Å². The number of nitrogens with one attached hydrogen (secondary N) is 1. The minimum Gasteiger partial charge on any atom is -0.370 e. The average Bonchev–Trinajstić information content (AvgIpc) is 2.76. The molecule has 162 valence electrons. The average molecular weight is 434 g/mol. The number of hydrogen-bond donors (Lipinski definition) is 1. The second-order valence-corrected chi connectivity index (χ2v) is 9.19.